The van der Waals surface area contributed by atoms with E-state index in [0.717, 1.165) is 24.1 Å². The molecule has 0 radical (unpaired) electrons. The Morgan fingerprint density at radius 1 is 1.00 bits per heavy atom. The third-order valence-electron chi connectivity index (χ3n) is 4.53. The SMILES string of the molecule is CC(C)CCNC[C@@H](O)[C@H](Cc1ccccc1)NC(=O)OCc1ccccc1. The fraction of sp³-hybridized carbons (Fsp3) is 0.435. The van der Waals surface area contributed by atoms with Gasteiger partial charge in [0.2, 0.25) is 0 Å². The molecule has 2 atom stereocenters. The Hall–Kier alpha value is -2.37. The van der Waals surface area contributed by atoms with Crippen LogP contribution in [0, 0.1) is 5.92 Å². The van der Waals surface area contributed by atoms with Crippen molar-refractivity contribution in [1.82, 2.24) is 10.6 Å². The molecular weight excluding hydrogens is 352 g/mol. The molecular formula is C23H32N2O3. The summed E-state index contributed by atoms with van der Waals surface area (Å²) in [4.78, 5) is 12.3. The number of rotatable bonds is 11. The van der Waals surface area contributed by atoms with Crippen molar-refractivity contribution in [2.75, 3.05) is 13.1 Å². The Morgan fingerprint density at radius 2 is 1.61 bits per heavy atom. The van der Waals surface area contributed by atoms with Crippen molar-refractivity contribution in [2.24, 2.45) is 5.92 Å². The molecule has 0 aliphatic heterocycles. The van der Waals surface area contributed by atoms with Crippen LogP contribution in [-0.4, -0.2) is 36.4 Å². The van der Waals surface area contributed by atoms with Crippen LogP contribution in [0.4, 0.5) is 4.79 Å². The molecule has 0 unspecified atom stereocenters. The van der Waals surface area contributed by atoms with Crippen molar-refractivity contribution in [3.63, 3.8) is 0 Å². The molecule has 5 heteroatoms. The predicted octanol–water partition coefficient (Wildman–Crippen LogP) is 3.52. The summed E-state index contributed by atoms with van der Waals surface area (Å²) in [5, 5.41) is 16.7. The summed E-state index contributed by atoms with van der Waals surface area (Å²) in [6, 6.07) is 18.9. The molecule has 0 bridgehead atoms. The molecule has 0 saturated carbocycles. The molecule has 0 heterocycles. The minimum absolute atomic E-state index is 0.202. The number of aliphatic hydroxyl groups excluding tert-OH is 1. The highest BCUT2D eigenvalue weighted by molar-refractivity contribution is 5.67. The van der Waals surface area contributed by atoms with Gasteiger partial charge in [0, 0.05) is 6.54 Å². The molecule has 28 heavy (non-hydrogen) atoms. The second-order valence-corrected chi connectivity index (χ2v) is 7.46. The van der Waals surface area contributed by atoms with Gasteiger partial charge >= 0.3 is 6.09 Å². The van der Waals surface area contributed by atoms with Crippen molar-refractivity contribution in [3.8, 4) is 0 Å². The zero-order valence-electron chi connectivity index (χ0n) is 16.8. The second kappa shape index (κ2) is 12.2. The standard InChI is InChI=1S/C23H32N2O3/c1-18(2)13-14-24-16-22(26)21(15-19-9-5-3-6-10-19)25-23(27)28-17-20-11-7-4-8-12-20/h3-12,18,21-22,24,26H,13-17H2,1-2H3,(H,25,27)/t21-,22+/m0/s1. The van der Waals surface area contributed by atoms with E-state index in [0.29, 0.717) is 18.9 Å². The lowest BCUT2D eigenvalue weighted by molar-refractivity contribution is 0.100. The van der Waals surface area contributed by atoms with Gasteiger partial charge in [-0.2, -0.15) is 0 Å². The van der Waals surface area contributed by atoms with Crippen LogP contribution < -0.4 is 10.6 Å². The average molecular weight is 385 g/mol. The van der Waals surface area contributed by atoms with Crippen LogP contribution in [0.5, 0.6) is 0 Å². The number of hydrogen-bond donors (Lipinski definition) is 3. The molecule has 2 aromatic rings. The Morgan fingerprint density at radius 3 is 2.21 bits per heavy atom. The fourth-order valence-electron chi connectivity index (χ4n) is 2.85. The largest absolute Gasteiger partial charge is 0.445 e. The lowest BCUT2D eigenvalue weighted by Crippen LogP contribution is -2.49. The van der Waals surface area contributed by atoms with E-state index in [1.807, 2.05) is 60.7 Å². The van der Waals surface area contributed by atoms with Crippen LogP contribution in [0.1, 0.15) is 31.4 Å². The first kappa shape index (κ1) is 21.9. The predicted molar refractivity (Wildman–Crippen MR) is 112 cm³/mol. The maximum atomic E-state index is 12.3. The highest BCUT2D eigenvalue weighted by Gasteiger charge is 2.22. The van der Waals surface area contributed by atoms with Crippen molar-refractivity contribution in [2.45, 2.75) is 45.4 Å². The topological polar surface area (TPSA) is 70.6 Å². The maximum Gasteiger partial charge on any atom is 0.407 e. The van der Waals surface area contributed by atoms with Crippen LogP contribution in [0.15, 0.2) is 60.7 Å². The molecule has 0 saturated heterocycles. The normalized spacial score (nSPS) is 13.1. The first-order chi connectivity index (χ1) is 13.5. The summed E-state index contributed by atoms with van der Waals surface area (Å²) >= 11 is 0. The lowest BCUT2D eigenvalue weighted by atomic mass is 10.0. The molecule has 3 N–H and O–H groups in total. The Balaban J connectivity index is 1.89. The summed E-state index contributed by atoms with van der Waals surface area (Å²) in [6.45, 7) is 5.79. The molecule has 0 spiro atoms. The number of alkyl carbamates (subject to hydrolysis) is 1. The number of benzene rings is 2. The number of amides is 1. The molecule has 0 aromatic heterocycles. The van der Waals surface area contributed by atoms with Gasteiger partial charge < -0.3 is 20.5 Å². The molecule has 2 aromatic carbocycles. The van der Waals surface area contributed by atoms with E-state index in [1.165, 1.54) is 0 Å². The van der Waals surface area contributed by atoms with Crippen molar-refractivity contribution in [1.29, 1.82) is 0 Å². The third-order valence-corrected chi connectivity index (χ3v) is 4.53. The van der Waals surface area contributed by atoms with E-state index >= 15 is 0 Å². The van der Waals surface area contributed by atoms with E-state index in [4.69, 9.17) is 4.74 Å². The molecule has 2 rings (SSSR count). The van der Waals surface area contributed by atoms with E-state index in [9.17, 15) is 9.90 Å². The third kappa shape index (κ3) is 8.55. The van der Waals surface area contributed by atoms with Gasteiger partial charge in [-0.15, -0.1) is 0 Å². The zero-order valence-corrected chi connectivity index (χ0v) is 16.8. The summed E-state index contributed by atoms with van der Waals surface area (Å²) in [7, 11) is 0. The Labute approximate surface area is 168 Å². The van der Waals surface area contributed by atoms with Crippen molar-refractivity contribution in [3.05, 3.63) is 71.8 Å². The maximum absolute atomic E-state index is 12.3. The second-order valence-electron chi connectivity index (χ2n) is 7.46. The van der Waals surface area contributed by atoms with Gasteiger partial charge in [-0.25, -0.2) is 4.79 Å². The van der Waals surface area contributed by atoms with Crippen molar-refractivity contribution >= 4 is 6.09 Å². The summed E-state index contributed by atoms with van der Waals surface area (Å²) < 4.78 is 5.32. The average Bonchev–Trinajstić information content (AvgIpc) is 2.70. The number of nitrogens with one attached hydrogen (secondary N) is 2. The first-order valence-corrected chi connectivity index (χ1v) is 9.94. The van der Waals surface area contributed by atoms with Gasteiger partial charge in [0.05, 0.1) is 12.1 Å². The molecule has 0 fully saturated rings. The van der Waals surface area contributed by atoms with E-state index in [1.54, 1.807) is 0 Å². The van der Waals surface area contributed by atoms with Crippen molar-refractivity contribution < 1.29 is 14.6 Å². The van der Waals surface area contributed by atoms with Crippen LogP contribution in [0.25, 0.3) is 0 Å². The quantitative estimate of drug-likeness (QED) is 0.519. The highest BCUT2D eigenvalue weighted by Crippen LogP contribution is 2.08. The van der Waals surface area contributed by atoms with Crippen LogP contribution in [0.3, 0.4) is 0 Å². The summed E-state index contributed by atoms with van der Waals surface area (Å²) in [5.74, 6) is 0.607. The van der Waals surface area contributed by atoms with E-state index in [-0.39, 0.29) is 6.61 Å². The van der Waals surface area contributed by atoms with Crippen LogP contribution in [-0.2, 0) is 17.8 Å². The molecule has 0 aliphatic rings. The molecule has 1 amide bonds. The Bertz CT molecular complexity index is 677. The first-order valence-electron chi connectivity index (χ1n) is 9.94. The van der Waals surface area contributed by atoms with E-state index in [2.05, 4.69) is 24.5 Å². The molecule has 152 valence electrons. The van der Waals surface area contributed by atoms with Gasteiger partial charge in [-0.05, 0) is 36.4 Å². The van der Waals surface area contributed by atoms with Gasteiger partial charge in [0.1, 0.15) is 6.61 Å². The number of carbonyl (C=O) groups is 1. The minimum atomic E-state index is -0.711. The number of carbonyl (C=O) groups excluding carboxylic acids is 1. The van der Waals surface area contributed by atoms with Gasteiger partial charge in [-0.3, -0.25) is 0 Å². The monoisotopic (exact) mass is 384 g/mol. The van der Waals surface area contributed by atoms with Crippen LogP contribution in [0.2, 0.25) is 0 Å². The van der Waals surface area contributed by atoms with E-state index < -0.39 is 18.2 Å². The smallest absolute Gasteiger partial charge is 0.407 e. The summed E-state index contributed by atoms with van der Waals surface area (Å²) in [5.41, 5.74) is 1.98. The Kier molecular flexibility index (Phi) is 9.52. The number of hydrogen-bond acceptors (Lipinski definition) is 4. The van der Waals surface area contributed by atoms with Gasteiger partial charge in [-0.1, -0.05) is 74.5 Å². The van der Waals surface area contributed by atoms with Crippen LogP contribution >= 0.6 is 0 Å². The molecule has 5 nitrogen and oxygen atoms in total. The number of ether oxygens (including phenoxy) is 1. The fourth-order valence-corrected chi connectivity index (χ4v) is 2.85. The minimum Gasteiger partial charge on any atom is -0.445 e. The zero-order chi connectivity index (χ0) is 20.2. The lowest BCUT2D eigenvalue weighted by Gasteiger charge is -2.24. The van der Waals surface area contributed by atoms with Gasteiger partial charge in [0.25, 0.3) is 0 Å². The number of aliphatic hydroxyl groups is 1. The summed E-state index contributed by atoms with van der Waals surface area (Å²) in [6.07, 6.45) is 0.347. The molecule has 0 aliphatic carbocycles. The highest BCUT2D eigenvalue weighted by atomic mass is 16.5. The van der Waals surface area contributed by atoms with Gasteiger partial charge in [0.15, 0.2) is 0 Å².